The normalized spacial score (nSPS) is 19.1. The van der Waals surface area contributed by atoms with Crippen molar-refractivity contribution >= 4 is 11.6 Å². The molecule has 1 unspecified atom stereocenters. The van der Waals surface area contributed by atoms with E-state index in [1.54, 1.807) is 14.2 Å². The first-order chi connectivity index (χ1) is 10.1. The van der Waals surface area contributed by atoms with Crippen LogP contribution in [0.15, 0.2) is 12.1 Å². The zero-order chi connectivity index (χ0) is 15.5. The first-order valence-corrected chi connectivity index (χ1v) is 8.02. The lowest BCUT2D eigenvalue weighted by atomic mass is 9.68. The maximum atomic E-state index is 6.52. The van der Waals surface area contributed by atoms with E-state index in [1.165, 1.54) is 32.1 Å². The van der Waals surface area contributed by atoms with Crippen LogP contribution in [0.25, 0.3) is 0 Å². The molecule has 0 bridgehead atoms. The summed E-state index contributed by atoms with van der Waals surface area (Å²) in [5.74, 6) is 1.41. The van der Waals surface area contributed by atoms with Gasteiger partial charge in [0.1, 0.15) is 0 Å². The van der Waals surface area contributed by atoms with Crippen LogP contribution in [0.1, 0.15) is 50.6 Å². The highest BCUT2D eigenvalue weighted by molar-refractivity contribution is 6.31. The second-order valence-electron chi connectivity index (χ2n) is 6.17. The van der Waals surface area contributed by atoms with Crippen LogP contribution in [0.2, 0.25) is 5.02 Å². The van der Waals surface area contributed by atoms with E-state index in [9.17, 15) is 0 Å². The number of rotatable bonds is 5. The fourth-order valence-electron chi connectivity index (χ4n) is 3.62. The fraction of sp³-hybridized carbons (Fsp3) is 0.647. The third-order valence-electron chi connectivity index (χ3n) is 4.80. The number of halogens is 1. The maximum absolute atomic E-state index is 6.52. The van der Waals surface area contributed by atoms with Crippen molar-refractivity contribution in [2.45, 2.75) is 45.1 Å². The molecule has 0 spiro atoms. The molecular formula is C17H26ClNO2. The molecule has 4 heteroatoms. The number of hydrogen-bond acceptors (Lipinski definition) is 3. The number of nitrogens with one attached hydrogen (secondary N) is 1. The van der Waals surface area contributed by atoms with Gasteiger partial charge in [-0.05, 0) is 36.9 Å². The van der Waals surface area contributed by atoms with Crippen molar-refractivity contribution in [1.29, 1.82) is 0 Å². The minimum Gasteiger partial charge on any atom is -0.493 e. The van der Waals surface area contributed by atoms with Crippen LogP contribution < -0.4 is 14.8 Å². The van der Waals surface area contributed by atoms with E-state index in [0.29, 0.717) is 5.75 Å². The van der Waals surface area contributed by atoms with E-state index in [0.717, 1.165) is 16.3 Å². The Kier molecular flexibility index (Phi) is 5.39. The van der Waals surface area contributed by atoms with Gasteiger partial charge in [-0.1, -0.05) is 37.8 Å². The number of ether oxygens (including phenoxy) is 2. The average molecular weight is 312 g/mol. The molecule has 1 aliphatic carbocycles. The average Bonchev–Trinajstić information content (AvgIpc) is 2.49. The fourth-order valence-corrected chi connectivity index (χ4v) is 3.88. The molecular weight excluding hydrogens is 286 g/mol. The first-order valence-electron chi connectivity index (χ1n) is 7.64. The second-order valence-corrected chi connectivity index (χ2v) is 6.57. The van der Waals surface area contributed by atoms with E-state index in [-0.39, 0.29) is 11.5 Å². The lowest BCUT2D eigenvalue weighted by molar-refractivity contribution is 0.150. The van der Waals surface area contributed by atoms with Gasteiger partial charge in [-0.3, -0.25) is 0 Å². The highest BCUT2D eigenvalue weighted by Gasteiger charge is 2.37. The maximum Gasteiger partial charge on any atom is 0.162 e. The van der Waals surface area contributed by atoms with Gasteiger partial charge < -0.3 is 14.8 Å². The summed E-state index contributed by atoms with van der Waals surface area (Å²) in [6.07, 6.45) is 6.37. The van der Waals surface area contributed by atoms with Crippen LogP contribution in [0, 0.1) is 5.41 Å². The third kappa shape index (κ3) is 3.29. The molecule has 0 aliphatic heterocycles. The first kappa shape index (κ1) is 16.4. The molecule has 2 rings (SSSR count). The SMILES string of the molecule is CNC(c1cc(OC)c(OC)cc1Cl)C1(C)CCCCC1. The van der Waals surface area contributed by atoms with Gasteiger partial charge in [-0.15, -0.1) is 0 Å². The Morgan fingerprint density at radius 2 is 1.67 bits per heavy atom. The molecule has 0 heterocycles. The predicted octanol–water partition coefficient (Wildman–Crippen LogP) is 4.59. The Morgan fingerprint density at radius 3 is 2.19 bits per heavy atom. The molecule has 1 aromatic carbocycles. The monoisotopic (exact) mass is 311 g/mol. The van der Waals surface area contributed by atoms with Crippen molar-refractivity contribution in [3.05, 3.63) is 22.7 Å². The Hall–Kier alpha value is -0.930. The van der Waals surface area contributed by atoms with Crippen LogP contribution in [-0.2, 0) is 0 Å². The molecule has 3 nitrogen and oxygen atoms in total. The number of hydrogen-bond donors (Lipinski definition) is 1. The molecule has 1 fully saturated rings. The second kappa shape index (κ2) is 6.89. The Bertz CT molecular complexity index is 484. The van der Waals surface area contributed by atoms with E-state index in [4.69, 9.17) is 21.1 Å². The highest BCUT2D eigenvalue weighted by Crippen LogP contribution is 2.48. The van der Waals surface area contributed by atoms with Gasteiger partial charge in [-0.2, -0.15) is 0 Å². The van der Waals surface area contributed by atoms with E-state index in [2.05, 4.69) is 12.2 Å². The summed E-state index contributed by atoms with van der Waals surface area (Å²) in [7, 11) is 5.30. The summed E-state index contributed by atoms with van der Waals surface area (Å²) in [6.45, 7) is 2.36. The number of methoxy groups -OCH3 is 2. The zero-order valence-corrected chi connectivity index (χ0v) is 14.2. The highest BCUT2D eigenvalue weighted by atomic mass is 35.5. The summed E-state index contributed by atoms with van der Waals surface area (Å²) in [6, 6.07) is 4.10. The molecule has 0 radical (unpaired) electrons. The lowest BCUT2D eigenvalue weighted by Gasteiger charge is -2.41. The molecule has 1 N–H and O–H groups in total. The van der Waals surface area contributed by atoms with Gasteiger partial charge in [0.25, 0.3) is 0 Å². The van der Waals surface area contributed by atoms with Crippen LogP contribution in [-0.4, -0.2) is 21.3 Å². The topological polar surface area (TPSA) is 30.5 Å². The van der Waals surface area contributed by atoms with Crippen molar-refractivity contribution in [3.8, 4) is 11.5 Å². The summed E-state index contributed by atoms with van der Waals surface area (Å²) in [5.41, 5.74) is 1.33. The van der Waals surface area contributed by atoms with Gasteiger partial charge >= 0.3 is 0 Å². The molecule has 118 valence electrons. The quantitative estimate of drug-likeness (QED) is 0.863. The van der Waals surface area contributed by atoms with Crippen molar-refractivity contribution < 1.29 is 9.47 Å². The zero-order valence-electron chi connectivity index (χ0n) is 13.5. The third-order valence-corrected chi connectivity index (χ3v) is 5.12. The van der Waals surface area contributed by atoms with Crippen LogP contribution in [0.3, 0.4) is 0 Å². The molecule has 1 atom stereocenters. The molecule has 0 saturated heterocycles. The summed E-state index contributed by atoms with van der Waals surface area (Å²) >= 11 is 6.52. The summed E-state index contributed by atoms with van der Waals surface area (Å²) in [4.78, 5) is 0. The van der Waals surface area contributed by atoms with Crippen molar-refractivity contribution in [1.82, 2.24) is 5.32 Å². The van der Waals surface area contributed by atoms with Gasteiger partial charge in [-0.25, -0.2) is 0 Å². The van der Waals surface area contributed by atoms with E-state index in [1.807, 2.05) is 19.2 Å². The standard InChI is InChI=1S/C17H26ClNO2/c1-17(8-6-5-7-9-17)16(19-2)12-10-14(20-3)15(21-4)11-13(12)18/h10-11,16,19H,5-9H2,1-4H3. The smallest absolute Gasteiger partial charge is 0.162 e. The van der Waals surface area contributed by atoms with Crippen LogP contribution in [0.5, 0.6) is 11.5 Å². The van der Waals surface area contributed by atoms with Gasteiger partial charge in [0.05, 0.1) is 14.2 Å². The van der Waals surface area contributed by atoms with Gasteiger partial charge in [0.15, 0.2) is 11.5 Å². The molecule has 0 aromatic heterocycles. The van der Waals surface area contributed by atoms with Gasteiger partial charge in [0, 0.05) is 17.1 Å². The number of benzene rings is 1. The van der Waals surface area contributed by atoms with Crippen molar-refractivity contribution in [2.24, 2.45) is 5.41 Å². The van der Waals surface area contributed by atoms with Crippen molar-refractivity contribution in [3.63, 3.8) is 0 Å². The van der Waals surface area contributed by atoms with Crippen LogP contribution >= 0.6 is 11.6 Å². The Labute approximate surface area is 133 Å². The van der Waals surface area contributed by atoms with E-state index < -0.39 is 0 Å². The summed E-state index contributed by atoms with van der Waals surface area (Å²) < 4.78 is 10.8. The molecule has 1 aromatic rings. The van der Waals surface area contributed by atoms with Crippen LogP contribution in [0.4, 0.5) is 0 Å². The minimum absolute atomic E-state index is 0.227. The lowest BCUT2D eigenvalue weighted by Crippen LogP contribution is -2.36. The largest absolute Gasteiger partial charge is 0.493 e. The molecule has 1 saturated carbocycles. The predicted molar refractivity (Wildman–Crippen MR) is 87.5 cm³/mol. The van der Waals surface area contributed by atoms with Gasteiger partial charge in [0.2, 0.25) is 0 Å². The molecule has 0 amide bonds. The Balaban J connectivity index is 2.42. The van der Waals surface area contributed by atoms with E-state index >= 15 is 0 Å². The Morgan fingerprint density at radius 1 is 1.10 bits per heavy atom. The summed E-state index contributed by atoms with van der Waals surface area (Å²) in [5, 5.41) is 4.21. The minimum atomic E-state index is 0.227. The van der Waals surface area contributed by atoms with Crippen molar-refractivity contribution in [2.75, 3.05) is 21.3 Å². The molecule has 1 aliphatic rings. The molecule has 21 heavy (non-hydrogen) atoms.